The molecule has 1 saturated heterocycles. The van der Waals surface area contributed by atoms with Gasteiger partial charge in [-0.25, -0.2) is 4.79 Å². The fraction of sp³-hybridized carbons (Fsp3) is 0.800. The molecule has 1 heterocycles. The summed E-state index contributed by atoms with van der Waals surface area (Å²) in [5, 5.41) is 0. The highest BCUT2D eigenvalue weighted by Gasteiger charge is 2.30. The number of hydrogen-bond acceptors (Lipinski definition) is 3. The molecule has 0 aromatic heterocycles. The van der Waals surface area contributed by atoms with Crippen LogP contribution in [-0.4, -0.2) is 36.5 Å². The molecule has 1 amide bonds. The molecule has 80 valence electrons. The summed E-state index contributed by atoms with van der Waals surface area (Å²) in [5.41, 5.74) is 0. The molecule has 4 nitrogen and oxygen atoms in total. The molecular weight excluding hydrogens is 182 g/mol. The fourth-order valence-electron chi connectivity index (χ4n) is 1.57. The summed E-state index contributed by atoms with van der Waals surface area (Å²) in [5.74, 6) is 0.451. The molecule has 0 aromatic rings. The molecule has 0 spiro atoms. The van der Waals surface area contributed by atoms with Crippen LogP contribution >= 0.6 is 0 Å². The van der Waals surface area contributed by atoms with Crippen molar-refractivity contribution in [2.75, 3.05) is 13.1 Å². The van der Waals surface area contributed by atoms with Crippen molar-refractivity contribution < 1.29 is 14.3 Å². The highest BCUT2D eigenvalue weighted by atomic mass is 16.6. The quantitative estimate of drug-likeness (QED) is 0.629. The van der Waals surface area contributed by atoms with Gasteiger partial charge in [-0.1, -0.05) is 13.8 Å². The van der Waals surface area contributed by atoms with Crippen molar-refractivity contribution in [3.8, 4) is 0 Å². The highest BCUT2D eigenvalue weighted by molar-refractivity contribution is 5.69. The lowest BCUT2D eigenvalue weighted by Crippen LogP contribution is -2.29. The Hall–Kier alpha value is -1.06. The Labute approximate surface area is 84.2 Å². The first-order valence-electron chi connectivity index (χ1n) is 5.02. The van der Waals surface area contributed by atoms with Gasteiger partial charge < -0.3 is 14.4 Å². The molecule has 0 aromatic carbocycles. The van der Waals surface area contributed by atoms with Crippen LogP contribution in [0.25, 0.3) is 0 Å². The van der Waals surface area contributed by atoms with Gasteiger partial charge in [0.2, 0.25) is 0 Å². The van der Waals surface area contributed by atoms with Crippen LogP contribution in [0, 0.1) is 5.92 Å². The first-order valence-corrected chi connectivity index (χ1v) is 5.02. The van der Waals surface area contributed by atoms with E-state index in [2.05, 4.69) is 13.8 Å². The SMILES string of the molecule is CC(C)CN1C[C@H](CCC=O)OC1=O. The van der Waals surface area contributed by atoms with E-state index < -0.39 is 0 Å². The van der Waals surface area contributed by atoms with Gasteiger partial charge in [0, 0.05) is 13.0 Å². The number of aldehydes is 1. The van der Waals surface area contributed by atoms with Gasteiger partial charge in [0.05, 0.1) is 6.54 Å². The summed E-state index contributed by atoms with van der Waals surface area (Å²) in [6, 6.07) is 0. The number of ether oxygens (including phenoxy) is 1. The van der Waals surface area contributed by atoms with Crippen LogP contribution < -0.4 is 0 Å². The Balaban J connectivity index is 2.35. The molecule has 0 saturated carbocycles. The topological polar surface area (TPSA) is 46.6 Å². The minimum absolute atomic E-state index is 0.0913. The van der Waals surface area contributed by atoms with Crippen molar-refractivity contribution in [3.05, 3.63) is 0 Å². The number of amides is 1. The first-order chi connectivity index (χ1) is 6.63. The Kier molecular flexibility index (Phi) is 3.92. The molecule has 0 unspecified atom stereocenters. The average Bonchev–Trinajstić information content (AvgIpc) is 2.43. The molecule has 0 aliphatic carbocycles. The van der Waals surface area contributed by atoms with Gasteiger partial charge in [-0.3, -0.25) is 0 Å². The summed E-state index contributed by atoms with van der Waals surface area (Å²) < 4.78 is 5.11. The molecule has 1 fully saturated rings. The number of hydrogen-bond donors (Lipinski definition) is 0. The molecule has 0 N–H and O–H groups in total. The van der Waals surface area contributed by atoms with Gasteiger partial charge in [0.15, 0.2) is 0 Å². The third kappa shape index (κ3) is 3.01. The zero-order valence-electron chi connectivity index (χ0n) is 8.73. The van der Waals surface area contributed by atoms with Crippen LogP contribution in [0.1, 0.15) is 26.7 Å². The predicted octanol–water partition coefficient (Wildman–Crippen LogP) is 1.44. The number of carbonyl (C=O) groups excluding carboxylic acids is 2. The maximum Gasteiger partial charge on any atom is 0.410 e. The maximum atomic E-state index is 11.3. The van der Waals surface area contributed by atoms with Crippen LogP contribution in [0.4, 0.5) is 4.79 Å². The molecular formula is C10H17NO3. The summed E-state index contributed by atoms with van der Waals surface area (Å²) >= 11 is 0. The van der Waals surface area contributed by atoms with E-state index in [0.29, 0.717) is 25.3 Å². The van der Waals surface area contributed by atoms with Gasteiger partial charge in [0.1, 0.15) is 12.4 Å². The van der Waals surface area contributed by atoms with E-state index in [0.717, 1.165) is 12.8 Å². The molecule has 14 heavy (non-hydrogen) atoms. The summed E-state index contributed by atoms with van der Waals surface area (Å²) in [7, 11) is 0. The smallest absolute Gasteiger partial charge is 0.410 e. The van der Waals surface area contributed by atoms with Crippen molar-refractivity contribution >= 4 is 12.4 Å². The van der Waals surface area contributed by atoms with Crippen molar-refractivity contribution in [2.24, 2.45) is 5.92 Å². The Morgan fingerprint density at radius 2 is 2.36 bits per heavy atom. The van der Waals surface area contributed by atoms with E-state index in [1.54, 1.807) is 4.90 Å². The van der Waals surface area contributed by atoms with E-state index in [-0.39, 0.29) is 12.2 Å². The van der Waals surface area contributed by atoms with Crippen LogP contribution in [0.5, 0.6) is 0 Å². The summed E-state index contributed by atoms with van der Waals surface area (Å²) in [6.45, 7) is 5.49. The van der Waals surface area contributed by atoms with Crippen molar-refractivity contribution in [2.45, 2.75) is 32.8 Å². The number of rotatable bonds is 5. The molecule has 0 bridgehead atoms. The van der Waals surface area contributed by atoms with E-state index in [1.165, 1.54) is 0 Å². The maximum absolute atomic E-state index is 11.3. The Bertz CT molecular complexity index is 215. The Morgan fingerprint density at radius 3 is 2.93 bits per heavy atom. The second kappa shape index (κ2) is 4.98. The molecule has 0 radical (unpaired) electrons. The van der Waals surface area contributed by atoms with E-state index >= 15 is 0 Å². The van der Waals surface area contributed by atoms with Gasteiger partial charge in [-0.05, 0) is 12.3 Å². The molecule has 1 atom stereocenters. The van der Waals surface area contributed by atoms with Crippen molar-refractivity contribution in [3.63, 3.8) is 0 Å². The number of carbonyl (C=O) groups is 2. The Morgan fingerprint density at radius 1 is 1.64 bits per heavy atom. The second-order valence-corrected chi connectivity index (χ2v) is 4.05. The average molecular weight is 199 g/mol. The minimum atomic E-state index is -0.241. The second-order valence-electron chi connectivity index (χ2n) is 4.05. The zero-order valence-corrected chi connectivity index (χ0v) is 8.73. The van der Waals surface area contributed by atoms with Crippen LogP contribution in [0.15, 0.2) is 0 Å². The predicted molar refractivity (Wildman–Crippen MR) is 52.0 cm³/mol. The monoisotopic (exact) mass is 199 g/mol. The van der Waals surface area contributed by atoms with Crippen LogP contribution in [0.2, 0.25) is 0 Å². The van der Waals surface area contributed by atoms with Gasteiger partial charge in [-0.15, -0.1) is 0 Å². The number of cyclic esters (lactones) is 1. The normalized spacial score (nSPS) is 21.5. The fourth-order valence-corrected chi connectivity index (χ4v) is 1.57. The lowest BCUT2D eigenvalue weighted by Gasteiger charge is -2.14. The van der Waals surface area contributed by atoms with Gasteiger partial charge >= 0.3 is 6.09 Å². The lowest BCUT2D eigenvalue weighted by atomic mass is 10.2. The molecule has 4 heteroatoms. The zero-order chi connectivity index (χ0) is 10.6. The van der Waals surface area contributed by atoms with Crippen LogP contribution in [0.3, 0.4) is 0 Å². The lowest BCUT2D eigenvalue weighted by molar-refractivity contribution is -0.108. The molecule has 1 aliphatic rings. The van der Waals surface area contributed by atoms with E-state index in [1.807, 2.05) is 0 Å². The minimum Gasteiger partial charge on any atom is -0.444 e. The summed E-state index contributed by atoms with van der Waals surface area (Å²) in [4.78, 5) is 23.2. The number of nitrogens with zero attached hydrogens (tertiary/aromatic N) is 1. The van der Waals surface area contributed by atoms with Gasteiger partial charge in [-0.2, -0.15) is 0 Å². The molecule has 1 aliphatic heterocycles. The van der Waals surface area contributed by atoms with Crippen molar-refractivity contribution in [1.82, 2.24) is 4.90 Å². The van der Waals surface area contributed by atoms with E-state index in [4.69, 9.17) is 4.74 Å². The van der Waals surface area contributed by atoms with Crippen molar-refractivity contribution in [1.29, 1.82) is 0 Å². The third-order valence-electron chi connectivity index (χ3n) is 2.14. The third-order valence-corrected chi connectivity index (χ3v) is 2.14. The van der Waals surface area contributed by atoms with Gasteiger partial charge in [0.25, 0.3) is 0 Å². The standard InChI is InChI=1S/C10H17NO3/c1-8(2)6-11-7-9(4-3-5-12)14-10(11)13/h5,8-9H,3-4,6-7H2,1-2H3/t9-/m0/s1. The largest absolute Gasteiger partial charge is 0.444 e. The first kappa shape index (κ1) is 11.0. The highest BCUT2D eigenvalue weighted by Crippen LogP contribution is 2.16. The van der Waals surface area contributed by atoms with Crippen LogP contribution in [-0.2, 0) is 9.53 Å². The van der Waals surface area contributed by atoms with E-state index in [9.17, 15) is 9.59 Å². The molecule has 1 rings (SSSR count). The summed E-state index contributed by atoms with van der Waals surface area (Å²) in [6.07, 6.45) is 1.64.